The van der Waals surface area contributed by atoms with E-state index in [4.69, 9.17) is 11.6 Å². The van der Waals surface area contributed by atoms with Crippen LogP contribution < -0.4 is 5.32 Å². The summed E-state index contributed by atoms with van der Waals surface area (Å²) in [6.45, 7) is 2.32. The Kier molecular flexibility index (Phi) is 4.11. The number of hydrogen-bond donors (Lipinski definition) is 1. The van der Waals surface area contributed by atoms with Crippen LogP contribution in [0.1, 0.15) is 37.3 Å². The Balaban J connectivity index is 1.92. The van der Waals surface area contributed by atoms with Gasteiger partial charge in [-0.2, -0.15) is 0 Å². The fourth-order valence-corrected chi connectivity index (χ4v) is 3.79. The average Bonchev–Trinajstić information content (AvgIpc) is 3.24. The minimum atomic E-state index is 0.502. The lowest BCUT2D eigenvalue weighted by atomic mass is 9.84. The van der Waals surface area contributed by atoms with Crippen LogP contribution in [0.2, 0.25) is 5.02 Å². The zero-order valence-electron chi connectivity index (χ0n) is 11.6. The van der Waals surface area contributed by atoms with Crippen molar-refractivity contribution >= 4 is 11.6 Å². The van der Waals surface area contributed by atoms with Gasteiger partial charge in [0.15, 0.2) is 0 Å². The maximum Gasteiger partial charge on any atom is 0.0453 e. The van der Waals surface area contributed by atoms with Gasteiger partial charge in [0.05, 0.1) is 0 Å². The van der Waals surface area contributed by atoms with E-state index in [0.29, 0.717) is 12.0 Å². The van der Waals surface area contributed by atoms with E-state index >= 15 is 0 Å². The van der Waals surface area contributed by atoms with E-state index in [1.165, 1.54) is 37.8 Å². The van der Waals surface area contributed by atoms with Crippen LogP contribution in [0.3, 0.4) is 0 Å². The highest BCUT2D eigenvalue weighted by Gasteiger charge is 2.40. The zero-order chi connectivity index (χ0) is 13.2. The fourth-order valence-electron chi connectivity index (χ4n) is 3.54. The van der Waals surface area contributed by atoms with Crippen LogP contribution in [0.5, 0.6) is 0 Å². The van der Waals surface area contributed by atoms with E-state index < -0.39 is 0 Å². The number of likely N-dealkylation sites (tertiary alicyclic amines) is 1. The Bertz CT molecular complexity index is 429. The predicted octanol–water partition coefficient (Wildman–Crippen LogP) is 3.47. The largest absolute Gasteiger partial charge is 0.319 e. The quantitative estimate of drug-likeness (QED) is 0.907. The highest BCUT2D eigenvalue weighted by atomic mass is 35.5. The third-order valence-electron chi connectivity index (χ3n) is 4.50. The number of halogens is 1. The molecule has 2 atom stereocenters. The van der Waals surface area contributed by atoms with Crippen molar-refractivity contribution in [3.05, 3.63) is 34.9 Å². The van der Waals surface area contributed by atoms with Crippen molar-refractivity contribution in [3.8, 4) is 0 Å². The van der Waals surface area contributed by atoms with Crippen LogP contribution in [0, 0.1) is 5.92 Å². The number of hydrogen-bond acceptors (Lipinski definition) is 2. The van der Waals surface area contributed by atoms with Crippen LogP contribution >= 0.6 is 11.6 Å². The van der Waals surface area contributed by atoms with Crippen molar-refractivity contribution in [2.75, 3.05) is 20.1 Å². The first-order valence-corrected chi connectivity index (χ1v) is 7.84. The van der Waals surface area contributed by atoms with E-state index in [0.717, 1.165) is 17.6 Å². The molecule has 2 nitrogen and oxygen atoms in total. The lowest BCUT2D eigenvalue weighted by Gasteiger charge is -2.42. The molecule has 1 aliphatic carbocycles. The lowest BCUT2D eigenvalue weighted by molar-refractivity contribution is 0.0846. The van der Waals surface area contributed by atoms with Crippen LogP contribution in [0.25, 0.3) is 0 Å². The topological polar surface area (TPSA) is 15.3 Å². The molecule has 2 fully saturated rings. The summed E-state index contributed by atoms with van der Waals surface area (Å²) in [7, 11) is 2.06. The Morgan fingerprint density at radius 2 is 2.05 bits per heavy atom. The number of piperidine rings is 1. The Morgan fingerprint density at radius 3 is 2.74 bits per heavy atom. The van der Waals surface area contributed by atoms with Crippen LogP contribution in [-0.2, 0) is 0 Å². The van der Waals surface area contributed by atoms with Gasteiger partial charge >= 0.3 is 0 Å². The van der Waals surface area contributed by atoms with E-state index in [1.54, 1.807) is 0 Å². The summed E-state index contributed by atoms with van der Waals surface area (Å²) in [6, 6.07) is 9.72. The van der Waals surface area contributed by atoms with Gasteiger partial charge in [0.25, 0.3) is 0 Å². The summed E-state index contributed by atoms with van der Waals surface area (Å²) >= 11 is 6.47. The van der Waals surface area contributed by atoms with Gasteiger partial charge in [-0.25, -0.2) is 0 Å². The van der Waals surface area contributed by atoms with Gasteiger partial charge in [-0.1, -0.05) is 29.8 Å². The Morgan fingerprint density at radius 1 is 1.26 bits per heavy atom. The van der Waals surface area contributed by atoms with Gasteiger partial charge in [-0.05, 0) is 63.4 Å². The molecule has 0 spiro atoms. The van der Waals surface area contributed by atoms with Crippen LogP contribution in [0.15, 0.2) is 24.3 Å². The molecule has 1 aliphatic heterocycles. The van der Waals surface area contributed by atoms with Crippen molar-refractivity contribution in [2.24, 2.45) is 5.92 Å². The molecule has 0 aromatic heterocycles. The molecule has 104 valence electrons. The third kappa shape index (κ3) is 2.81. The molecular weight excluding hydrogens is 256 g/mol. The van der Waals surface area contributed by atoms with Gasteiger partial charge in [-0.15, -0.1) is 0 Å². The molecule has 1 aromatic rings. The molecule has 1 saturated heterocycles. The van der Waals surface area contributed by atoms with E-state index in [-0.39, 0.29) is 0 Å². The second-order valence-corrected chi connectivity index (χ2v) is 6.30. The molecule has 1 N–H and O–H groups in total. The summed E-state index contributed by atoms with van der Waals surface area (Å²) in [5, 5.41) is 4.30. The average molecular weight is 279 g/mol. The first kappa shape index (κ1) is 13.4. The first-order chi connectivity index (χ1) is 9.31. The van der Waals surface area contributed by atoms with Crippen molar-refractivity contribution in [1.29, 1.82) is 0 Å². The summed E-state index contributed by atoms with van der Waals surface area (Å²) < 4.78 is 0. The minimum absolute atomic E-state index is 0.502. The summed E-state index contributed by atoms with van der Waals surface area (Å²) in [5.41, 5.74) is 1.33. The molecule has 0 amide bonds. The van der Waals surface area contributed by atoms with Crippen molar-refractivity contribution in [2.45, 2.75) is 37.8 Å². The molecule has 0 bridgehead atoms. The van der Waals surface area contributed by atoms with Gasteiger partial charge in [0, 0.05) is 17.1 Å². The van der Waals surface area contributed by atoms with Crippen molar-refractivity contribution in [3.63, 3.8) is 0 Å². The third-order valence-corrected chi connectivity index (χ3v) is 4.85. The number of nitrogens with one attached hydrogen (secondary N) is 1. The van der Waals surface area contributed by atoms with Crippen LogP contribution in [0.4, 0.5) is 0 Å². The summed E-state index contributed by atoms with van der Waals surface area (Å²) in [5.74, 6) is 0.680. The van der Waals surface area contributed by atoms with E-state index in [2.05, 4.69) is 29.4 Å². The highest BCUT2D eigenvalue weighted by Crippen LogP contribution is 2.44. The molecule has 3 heteroatoms. The van der Waals surface area contributed by atoms with Crippen molar-refractivity contribution < 1.29 is 0 Å². The molecule has 3 rings (SSSR count). The summed E-state index contributed by atoms with van der Waals surface area (Å²) in [6.07, 6.45) is 5.37. The monoisotopic (exact) mass is 278 g/mol. The molecule has 1 saturated carbocycles. The Labute approximate surface area is 121 Å². The fraction of sp³-hybridized carbons (Fsp3) is 0.625. The SMILES string of the molecule is CNCC1CCCN(C2CC2)C1c1ccccc1Cl. The minimum Gasteiger partial charge on any atom is -0.319 e. The van der Waals surface area contributed by atoms with Crippen LogP contribution in [-0.4, -0.2) is 31.1 Å². The molecule has 19 heavy (non-hydrogen) atoms. The number of benzene rings is 1. The van der Waals surface area contributed by atoms with Gasteiger partial charge in [-0.3, -0.25) is 4.90 Å². The lowest BCUT2D eigenvalue weighted by Crippen LogP contribution is -2.43. The number of nitrogens with zero attached hydrogens (tertiary/aromatic N) is 1. The maximum absolute atomic E-state index is 6.47. The predicted molar refractivity (Wildman–Crippen MR) is 80.6 cm³/mol. The number of rotatable bonds is 4. The smallest absolute Gasteiger partial charge is 0.0453 e. The Hall–Kier alpha value is -0.570. The molecule has 0 radical (unpaired) electrons. The van der Waals surface area contributed by atoms with Crippen molar-refractivity contribution in [1.82, 2.24) is 10.2 Å². The van der Waals surface area contributed by atoms with Gasteiger partial charge in [0.2, 0.25) is 0 Å². The second-order valence-electron chi connectivity index (χ2n) is 5.90. The van der Waals surface area contributed by atoms with E-state index in [9.17, 15) is 0 Å². The first-order valence-electron chi connectivity index (χ1n) is 7.46. The molecule has 2 aliphatic rings. The normalized spacial score (nSPS) is 28.5. The second kappa shape index (κ2) is 5.82. The molecule has 2 unspecified atom stereocenters. The highest BCUT2D eigenvalue weighted by molar-refractivity contribution is 6.31. The standard InChI is InChI=1S/C16H23ClN2/c1-18-11-12-5-4-10-19(13-8-9-13)16(12)14-6-2-3-7-15(14)17/h2-3,6-7,12-13,16,18H,4-5,8-11H2,1H3. The van der Waals surface area contributed by atoms with E-state index in [1.807, 2.05) is 12.1 Å². The van der Waals surface area contributed by atoms with Gasteiger partial charge in [0.1, 0.15) is 0 Å². The maximum atomic E-state index is 6.47. The van der Waals surface area contributed by atoms with Gasteiger partial charge < -0.3 is 5.32 Å². The molecule has 1 aromatic carbocycles. The summed E-state index contributed by atoms with van der Waals surface area (Å²) in [4.78, 5) is 2.72. The molecule has 1 heterocycles. The zero-order valence-corrected chi connectivity index (χ0v) is 12.4. The molecular formula is C16H23ClN2.